The number of likely N-dealkylation sites (tertiary alicyclic amines) is 1. The number of nitrogens with zero attached hydrogens (tertiary/aromatic N) is 1. The molecular formula is C13H24N2O4. The van der Waals surface area contributed by atoms with Crippen LogP contribution in [-0.4, -0.2) is 48.3 Å². The molecule has 2 N–H and O–H groups in total. The smallest absolute Gasteiger partial charge is 0.410 e. The molecule has 0 aromatic heterocycles. The monoisotopic (exact) mass is 272 g/mol. The van der Waals surface area contributed by atoms with Crippen LogP contribution in [0.25, 0.3) is 0 Å². The van der Waals surface area contributed by atoms with Crippen LogP contribution in [0.1, 0.15) is 40.0 Å². The second kappa shape index (κ2) is 6.23. The fourth-order valence-corrected chi connectivity index (χ4v) is 2.28. The number of ether oxygens (including phenoxy) is 2. The van der Waals surface area contributed by atoms with Crippen molar-refractivity contribution >= 4 is 12.1 Å². The van der Waals surface area contributed by atoms with Gasteiger partial charge >= 0.3 is 12.1 Å². The lowest BCUT2D eigenvalue weighted by Gasteiger charge is -2.31. The van der Waals surface area contributed by atoms with E-state index >= 15 is 0 Å². The normalized spacial score (nSPS) is 23.3. The van der Waals surface area contributed by atoms with Gasteiger partial charge in [-0.25, -0.2) is 4.79 Å². The number of rotatable bonds is 3. The van der Waals surface area contributed by atoms with Crippen LogP contribution >= 0.6 is 0 Å². The quantitative estimate of drug-likeness (QED) is 0.782. The molecule has 2 atom stereocenters. The highest BCUT2D eigenvalue weighted by Gasteiger charge is 2.39. The first-order chi connectivity index (χ1) is 8.78. The van der Waals surface area contributed by atoms with E-state index in [4.69, 9.17) is 10.5 Å². The van der Waals surface area contributed by atoms with Gasteiger partial charge in [-0.2, -0.15) is 0 Å². The van der Waals surface area contributed by atoms with Gasteiger partial charge in [-0.15, -0.1) is 0 Å². The average Bonchev–Trinajstić information content (AvgIpc) is 2.69. The predicted molar refractivity (Wildman–Crippen MR) is 70.6 cm³/mol. The van der Waals surface area contributed by atoms with Gasteiger partial charge < -0.3 is 20.1 Å². The number of nitrogens with two attached hydrogens (primary N) is 1. The van der Waals surface area contributed by atoms with Crippen LogP contribution in [0, 0.1) is 0 Å². The molecule has 0 saturated carbocycles. The van der Waals surface area contributed by atoms with Crippen LogP contribution in [0.2, 0.25) is 0 Å². The molecule has 0 spiro atoms. The van der Waals surface area contributed by atoms with Gasteiger partial charge in [-0.1, -0.05) is 0 Å². The van der Waals surface area contributed by atoms with Crippen molar-refractivity contribution in [3.63, 3.8) is 0 Å². The van der Waals surface area contributed by atoms with Crippen LogP contribution in [0.15, 0.2) is 0 Å². The maximum Gasteiger partial charge on any atom is 0.410 e. The first kappa shape index (κ1) is 15.8. The Bertz CT molecular complexity index is 338. The molecule has 1 rings (SSSR count). The van der Waals surface area contributed by atoms with Crippen molar-refractivity contribution in [3.05, 3.63) is 0 Å². The molecule has 2 unspecified atom stereocenters. The van der Waals surface area contributed by atoms with Crippen molar-refractivity contribution in [1.29, 1.82) is 0 Å². The summed E-state index contributed by atoms with van der Waals surface area (Å²) in [5.41, 5.74) is 5.12. The number of methoxy groups -OCH3 is 1. The Morgan fingerprint density at radius 3 is 2.32 bits per heavy atom. The van der Waals surface area contributed by atoms with Gasteiger partial charge in [0, 0.05) is 18.6 Å². The van der Waals surface area contributed by atoms with Crippen molar-refractivity contribution in [2.75, 3.05) is 13.7 Å². The van der Waals surface area contributed by atoms with Crippen LogP contribution in [0.5, 0.6) is 0 Å². The van der Waals surface area contributed by atoms with Gasteiger partial charge in [0.1, 0.15) is 5.60 Å². The van der Waals surface area contributed by atoms with E-state index in [-0.39, 0.29) is 24.5 Å². The summed E-state index contributed by atoms with van der Waals surface area (Å²) < 4.78 is 10.0. The summed E-state index contributed by atoms with van der Waals surface area (Å²) in [6, 6.07) is -0.250. The van der Waals surface area contributed by atoms with E-state index in [1.807, 2.05) is 20.8 Å². The SMILES string of the molecule is COC(=O)CC1CCC(CN)N1C(=O)OC(C)(C)C. The second-order valence-corrected chi connectivity index (χ2v) is 5.79. The Balaban J connectivity index is 2.77. The van der Waals surface area contributed by atoms with E-state index in [2.05, 4.69) is 4.74 Å². The topological polar surface area (TPSA) is 81.9 Å². The summed E-state index contributed by atoms with van der Waals surface area (Å²) in [4.78, 5) is 25.2. The third kappa shape index (κ3) is 4.38. The third-order valence-corrected chi connectivity index (χ3v) is 3.13. The minimum atomic E-state index is -0.561. The molecule has 6 nitrogen and oxygen atoms in total. The highest BCUT2D eigenvalue weighted by Crippen LogP contribution is 2.28. The molecule has 1 amide bonds. The zero-order valence-electron chi connectivity index (χ0n) is 12.1. The Labute approximate surface area is 114 Å². The highest BCUT2D eigenvalue weighted by molar-refractivity contribution is 5.73. The average molecular weight is 272 g/mol. The molecule has 1 saturated heterocycles. The third-order valence-electron chi connectivity index (χ3n) is 3.13. The van der Waals surface area contributed by atoms with Gasteiger partial charge in [0.05, 0.1) is 13.5 Å². The largest absolute Gasteiger partial charge is 0.469 e. The van der Waals surface area contributed by atoms with Gasteiger partial charge in [-0.05, 0) is 33.6 Å². The summed E-state index contributed by atoms with van der Waals surface area (Å²) in [6.45, 7) is 5.81. The highest BCUT2D eigenvalue weighted by atomic mass is 16.6. The van der Waals surface area contributed by atoms with Crippen LogP contribution in [0.3, 0.4) is 0 Å². The van der Waals surface area contributed by atoms with E-state index < -0.39 is 11.7 Å². The zero-order valence-corrected chi connectivity index (χ0v) is 12.1. The van der Waals surface area contributed by atoms with Crippen molar-refractivity contribution in [2.45, 2.75) is 57.7 Å². The Morgan fingerprint density at radius 2 is 1.84 bits per heavy atom. The standard InChI is InChI=1S/C13H24N2O4/c1-13(2,3)19-12(17)15-9(7-11(16)18-4)5-6-10(15)8-14/h9-10H,5-8,14H2,1-4H3. The fourth-order valence-electron chi connectivity index (χ4n) is 2.28. The molecule has 1 aliphatic heterocycles. The first-order valence-electron chi connectivity index (χ1n) is 6.56. The molecule has 1 heterocycles. The molecule has 1 fully saturated rings. The second-order valence-electron chi connectivity index (χ2n) is 5.79. The number of esters is 1. The molecule has 0 aliphatic carbocycles. The van der Waals surface area contributed by atoms with E-state index in [0.717, 1.165) is 12.8 Å². The molecule has 0 aromatic rings. The van der Waals surface area contributed by atoms with Gasteiger partial charge in [-0.3, -0.25) is 4.79 Å². The van der Waals surface area contributed by atoms with Crippen molar-refractivity contribution in [2.24, 2.45) is 5.73 Å². The summed E-state index contributed by atoms with van der Waals surface area (Å²) in [5.74, 6) is -0.323. The van der Waals surface area contributed by atoms with Crippen LogP contribution in [-0.2, 0) is 14.3 Å². The fraction of sp³-hybridized carbons (Fsp3) is 0.846. The van der Waals surface area contributed by atoms with Crippen LogP contribution < -0.4 is 5.73 Å². The van der Waals surface area contributed by atoms with Gasteiger partial charge in [0.2, 0.25) is 0 Å². The summed E-state index contributed by atoms with van der Waals surface area (Å²) in [6.07, 6.45) is 1.31. The number of hydrogen-bond acceptors (Lipinski definition) is 5. The maximum absolute atomic E-state index is 12.2. The van der Waals surface area contributed by atoms with Gasteiger partial charge in [0.25, 0.3) is 0 Å². The molecular weight excluding hydrogens is 248 g/mol. The van der Waals surface area contributed by atoms with E-state index in [1.165, 1.54) is 7.11 Å². The molecule has 110 valence electrons. The Hall–Kier alpha value is -1.30. The minimum Gasteiger partial charge on any atom is -0.469 e. The number of carbonyl (C=O) groups excluding carboxylic acids is 2. The van der Waals surface area contributed by atoms with Crippen molar-refractivity contribution < 1.29 is 19.1 Å². The number of carbonyl (C=O) groups is 2. The molecule has 19 heavy (non-hydrogen) atoms. The van der Waals surface area contributed by atoms with Crippen molar-refractivity contribution in [3.8, 4) is 0 Å². The maximum atomic E-state index is 12.2. The Morgan fingerprint density at radius 1 is 1.26 bits per heavy atom. The molecule has 0 radical (unpaired) electrons. The molecule has 6 heteroatoms. The van der Waals surface area contributed by atoms with E-state index in [1.54, 1.807) is 4.90 Å². The van der Waals surface area contributed by atoms with E-state index in [0.29, 0.717) is 6.54 Å². The summed E-state index contributed by atoms with van der Waals surface area (Å²) in [7, 11) is 1.34. The number of amides is 1. The van der Waals surface area contributed by atoms with E-state index in [9.17, 15) is 9.59 Å². The Kier molecular flexibility index (Phi) is 5.17. The lowest BCUT2D eigenvalue weighted by atomic mass is 10.1. The first-order valence-corrected chi connectivity index (χ1v) is 6.56. The molecule has 1 aliphatic rings. The minimum absolute atomic E-state index is 0.0653. The summed E-state index contributed by atoms with van der Waals surface area (Å²) >= 11 is 0. The lowest BCUT2D eigenvalue weighted by molar-refractivity contribution is -0.141. The zero-order chi connectivity index (χ0) is 14.6. The molecule has 0 bridgehead atoms. The number of hydrogen-bond donors (Lipinski definition) is 1. The van der Waals surface area contributed by atoms with Gasteiger partial charge in [0.15, 0.2) is 0 Å². The van der Waals surface area contributed by atoms with Crippen LogP contribution in [0.4, 0.5) is 4.79 Å². The molecule has 0 aromatic carbocycles. The predicted octanol–water partition coefficient (Wildman–Crippen LogP) is 1.28. The van der Waals surface area contributed by atoms with Crippen molar-refractivity contribution in [1.82, 2.24) is 4.90 Å². The lowest BCUT2D eigenvalue weighted by Crippen LogP contribution is -2.47. The summed E-state index contributed by atoms with van der Waals surface area (Å²) in [5, 5.41) is 0.